The summed E-state index contributed by atoms with van der Waals surface area (Å²) in [6.45, 7) is 4.63. The van der Waals surface area contributed by atoms with Crippen LogP contribution in [0, 0.1) is 23.2 Å². The van der Waals surface area contributed by atoms with Crippen molar-refractivity contribution in [2.75, 3.05) is 5.32 Å². The van der Waals surface area contributed by atoms with Gasteiger partial charge in [-0.3, -0.25) is 0 Å². The number of anilines is 1. The molecule has 0 amide bonds. The van der Waals surface area contributed by atoms with E-state index < -0.39 is 0 Å². The fourth-order valence-corrected chi connectivity index (χ4v) is 2.89. The smallest absolute Gasteiger partial charge is 0.101 e. The molecule has 2 heteroatoms. The molecule has 1 saturated carbocycles. The molecule has 1 aromatic rings. The van der Waals surface area contributed by atoms with E-state index in [-0.39, 0.29) is 0 Å². The lowest BCUT2D eigenvalue weighted by molar-refractivity contribution is 0.264. The molecule has 18 heavy (non-hydrogen) atoms. The van der Waals surface area contributed by atoms with E-state index in [0.717, 1.165) is 23.1 Å². The van der Waals surface area contributed by atoms with Crippen LogP contribution < -0.4 is 5.32 Å². The molecule has 2 nitrogen and oxygen atoms in total. The lowest BCUT2D eigenvalue weighted by Gasteiger charge is -2.32. The van der Waals surface area contributed by atoms with E-state index in [1.54, 1.807) is 0 Å². The van der Waals surface area contributed by atoms with Crippen LogP contribution in [0.15, 0.2) is 24.3 Å². The highest BCUT2D eigenvalue weighted by Gasteiger charge is 2.24. The van der Waals surface area contributed by atoms with Crippen LogP contribution in [0.1, 0.15) is 45.1 Å². The molecule has 0 spiro atoms. The van der Waals surface area contributed by atoms with Gasteiger partial charge in [-0.05, 0) is 36.8 Å². The Hall–Kier alpha value is -1.49. The van der Waals surface area contributed by atoms with Gasteiger partial charge in [0.1, 0.15) is 6.07 Å². The van der Waals surface area contributed by atoms with Crippen molar-refractivity contribution in [2.45, 2.75) is 45.6 Å². The fraction of sp³-hybridized carbons (Fsp3) is 0.562. The first-order valence-corrected chi connectivity index (χ1v) is 6.96. The number of rotatable bonds is 3. The van der Waals surface area contributed by atoms with Crippen molar-refractivity contribution in [3.63, 3.8) is 0 Å². The second kappa shape index (κ2) is 5.91. The van der Waals surface area contributed by atoms with Gasteiger partial charge in [0.15, 0.2) is 0 Å². The zero-order chi connectivity index (χ0) is 13.0. The van der Waals surface area contributed by atoms with Gasteiger partial charge in [0.25, 0.3) is 0 Å². The largest absolute Gasteiger partial charge is 0.381 e. The van der Waals surface area contributed by atoms with Crippen molar-refractivity contribution in [1.29, 1.82) is 5.26 Å². The second-order valence-corrected chi connectivity index (χ2v) is 5.67. The standard InChI is InChI=1S/C16H22N2/c1-12(2)13-7-5-8-15(10-13)18-16-9-4-3-6-14(16)11-17/h3-4,6,9,12-13,15,18H,5,7-8,10H2,1-2H3. The second-order valence-electron chi connectivity index (χ2n) is 5.67. The van der Waals surface area contributed by atoms with Crippen LogP contribution in [0.25, 0.3) is 0 Å². The third kappa shape index (κ3) is 3.04. The molecule has 2 unspecified atom stereocenters. The summed E-state index contributed by atoms with van der Waals surface area (Å²) in [6, 6.07) is 10.6. The quantitative estimate of drug-likeness (QED) is 0.862. The van der Waals surface area contributed by atoms with Crippen molar-refractivity contribution in [3.8, 4) is 6.07 Å². The van der Waals surface area contributed by atoms with Crippen molar-refractivity contribution in [1.82, 2.24) is 0 Å². The number of para-hydroxylation sites is 1. The van der Waals surface area contributed by atoms with Crippen LogP contribution in [0.3, 0.4) is 0 Å². The van der Waals surface area contributed by atoms with Crippen LogP contribution in [0.2, 0.25) is 0 Å². The highest BCUT2D eigenvalue weighted by atomic mass is 14.9. The first-order chi connectivity index (χ1) is 8.70. The van der Waals surface area contributed by atoms with Gasteiger partial charge in [0, 0.05) is 6.04 Å². The summed E-state index contributed by atoms with van der Waals surface area (Å²) in [4.78, 5) is 0. The normalized spacial score (nSPS) is 23.7. The number of hydrogen-bond acceptors (Lipinski definition) is 2. The van der Waals surface area contributed by atoms with Crippen LogP contribution in [-0.4, -0.2) is 6.04 Å². The monoisotopic (exact) mass is 242 g/mol. The maximum Gasteiger partial charge on any atom is 0.101 e. The molecule has 1 aliphatic rings. The van der Waals surface area contributed by atoms with Crippen molar-refractivity contribution >= 4 is 5.69 Å². The van der Waals surface area contributed by atoms with Gasteiger partial charge in [0.05, 0.1) is 11.3 Å². The first-order valence-electron chi connectivity index (χ1n) is 6.96. The molecule has 0 aliphatic heterocycles. The molecular weight excluding hydrogens is 220 g/mol. The Morgan fingerprint density at radius 1 is 1.28 bits per heavy atom. The summed E-state index contributed by atoms with van der Waals surface area (Å²) in [5, 5.41) is 12.7. The van der Waals surface area contributed by atoms with Crippen molar-refractivity contribution < 1.29 is 0 Å². The molecule has 0 aromatic heterocycles. The molecule has 2 rings (SSSR count). The molecule has 2 atom stereocenters. The van der Waals surface area contributed by atoms with Gasteiger partial charge >= 0.3 is 0 Å². The summed E-state index contributed by atoms with van der Waals surface area (Å²) >= 11 is 0. The zero-order valence-corrected chi connectivity index (χ0v) is 11.3. The highest BCUT2D eigenvalue weighted by molar-refractivity contribution is 5.57. The molecular formula is C16H22N2. The number of benzene rings is 1. The van der Waals surface area contributed by atoms with Crippen LogP contribution in [0.4, 0.5) is 5.69 Å². The van der Waals surface area contributed by atoms with E-state index in [1.807, 2.05) is 24.3 Å². The Bertz CT molecular complexity index is 431. The molecule has 1 fully saturated rings. The van der Waals surface area contributed by atoms with Gasteiger partial charge in [-0.1, -0.05) is 38.8 Å². The molecule has 1 N–H and O–H groups in total. The Kier molecular flexibility index (Phi) is 4.25. The molecule has 0 radical (unpaired) electrons. The number of hydrogen-bond donors (Lipinski definition) is 1. The molecule has 0 saturated heterocycles. The predicted molar refractivity (Wildman–Crippen MR) is 75.4 cm³/mol. The summed E-state index contributed by atoms with van der Waals surface area (Å²) in [5.74, 6) is 1.59. The molecule has 0 bridgehead atoms. The fourth-order valence-electron chi connectivity index (χ4n) is 2.89. The predicted octanol–water partition coefficient (Wildman–Crippen LogP) is 4.18. The van der Waals surface area contributed by atoms with Gasteiger partial charge < -0.3 is 5.32 Å². The third-order valence-corrected chi connectivity index (χ3v) is 4.06. The van der Waals surface area contributed by atoms with Crippen LogP contribution in [-0.2, 0) is 0 Å². The maximum absolute atomic E-state index is 9.10. The minimum absolute atomic E-state index is 0.528. The lowest BCUT2D eigenvalue weighted by Crippen LogP contribution is -2.29. The summed E-state index contributed by atoms with van der Waals surface area (Å²) in [6.07, 6.45) is 5.12. The van der Waals surface area contributed by atoms with E-state index in [9.17, 15) is 0 Å². The topological polar surface area (TPSA) is 35.8 Å². The number of nitriles is 1. The first kappa shape index (κ1) is 13.0. The molecule has 1 aliphatic carbocycles. The Balaban J connectivity index is 2.03. The van der Waals surface area contributed by atoms with Gasteiger partial charge in [0.2, 0.25) is 0 Å². The van der Waals surface area contributed by atoms with E-state index >= 15 is 0 Å². The third-order valence-electron chi connectivity index (χ3n) is 4.06. The van der Waals surface area contributed by atoms with E-state index in [1.165, 1.54) is 25.7 Å². The van der Waals surface area contributed by atoms with Crippen LogP contribution >= 0.6 is 0 Å². The van der Waals surface area contributed by atoms with E-state index in [4.69, 9.17) is 5.26 Å². The van der Waals surface area contributed by atoms with Gasteiger partial charge in [-0.25, -0.2) is 0 Å². The average Bonchev–Trinajstić information content (AvgIpc) is 2.39. The minimum Gasteiger partial charge on any atom is -0.381 e. The van der Waals surface area contributed by atoms with Gasteiger partial charge in [-0.15, -0.1) is 0 Å². The zero-order valence-electron chi connectivity index (χ0n) is 11.3. The van der Waals surface area contributed by atoms with Crippen LogP contribution in [0.5, 0.6) is 0 Å². The van der Waals surface area contributed by atoms with Crippen molar-refractivity contribution in [3.05, 3.63) is 29.8 Å². The average molecular weight is 242 g/mol. The Morgan fingerprint density at radius 3 is 2.78 bits per heavy atom. The molecule has 0 heterocycles. The number of nitrogens with zero attached hydrogens (tertiary/aromatic N) is 1. The molecule has 96 valence electrons. The minimum atomic E-state index is 0.528. The summed E-state index contributed by atoms with van der Waals surface area (Å²) in [7, 11) is 0. The Labute approximate surface area is 110 Å². The maximum atomic E-state index is 9.10. The Morgan fingerprint density at radius 2 is 2.06 bits per heavy atom. The lowest BCUT2D eigenvalue weighted by atomic mass is 9.79. The van der Waals surface area contributed by atoms with Crippen molar-refractivity contribution in [2.24, 2.45) is 11.8 Å². The van der Waals surface area contributed by atoms with E-state index in [0.29, 0.717) is 6.04 Å². The molecule has 1 aromatic carbocycles. The summed E-state index contributed by atoms with van der Waals surface area (Å²) in [5.41, 5.74) is 1.75. The number of nitrogens with one attached hydrogen (secondary N) is 1. The SMILES string of the molecule is CC(C)C1CCCC(Nc2ccccc2C#N)C1. The summed E-state index contributed by atoms with van der Waals surface area (Å²) < 4.78 is 0. The van der Waals surface area contributed by atoms with E-state index in [2.05, 4.69) is 25.2 Å². The van der Waals surface area contributed by atoms with Gasteiger partial charge in [-0.2, -0.15) is 5.26 Å². The highest BCUT2D eigenvalue weighted by Crippen LogP contribution is 2.31.